The van der Waals surface area contributed by atoms with Crippen LogP contribution in [-0.4, -0.2) is 43.4 Å². The summed E-state index contributed by atoms with van der Waals surface area (Å²) in [5.41, 5.74) is 5.24. The van der Waals surface area contributed by atoms with Crippen LogP contribution in [0.1, 0.15) is 31.6 Å². The smallest absolute Gasteiger partial charge is 0.240 e. The quantitative estimate of drug-likeness (QED) is 0.664. The van der Waals surface area contributed by atoms with E-state index in [0.29, 0.717) is 18.7 Å². The number of hydrogen-bond acceptors (Lipinski definition) is 5. The summed E-state index contributed by atoms with van der Waals surface area (Å²) >= 11 is 0. The van der Waals surface area contributed by atoms with Crippen LogP contribution in [0.2, 0.25) is 0 Å². The number of nitrogens with one attached hydrogen (secondary N) is 1. The molecule has 2 rings (SSSR count). The lowest BCUT2D eigenvalue weighted by atomic mass is 10.2. The van der Waals surface area contributed by atoms with E-state index in [0.717, 1.165) is 0 Å². The third-order valence-corrected chi connectivity index (χ3v) is 2.74. The third-order valence-electron chi connectivity index (χ3n) is 2.74. The highest BCUT2D eigenvalue weighted by Gasteiger charge is 2.39. The van der Waals surface area contributed by atoms with Crippen LogP contribution < -0.4 is 5.73 Å². The van der Waals surface area contributed by atoms with E-state index in [9.17, 15) is 9.59 Å². The standard InChI is InChI=1S/C8H12N6O2/c1-4(8-10-12-13-11-8)14-5(7(9)16)2-3-6(14)15/h4-5H,2-3H2,1H3,(H2,9,16)(H,10,11,12,13)/t4-,5?/m0/s1. The molecule has 2 atom stereocenters. The Labute approximate surface area is 91.2 Å². The summed E-state index contributed by atoms with van der Waals surface area (Å²) < 4.78 is 0. The number of H-pyrrole nitrogens is 1. The van der Waals surface area contributed by atoms with E-state index in [1.165, 1.54) is 4.90 Å². The van der Waals surface area contributed by atoms with E-state index in [1.807, 2.05) is 0 Å². The summed E-state index contributed by atoms with van der Waals surface area (Å²) in [7, 11) is 0. The van der Waals surface area contributed by atoms with Gasteiger partial charge in [-0.25, -0.2) is 0 Å². The van der Waals surface area contributed by atoms with Crippen LogP contribution in [-0.2, 0) is 9.59 Å². The van der Waals surface area contributed by atoms with Gasteiger partial charge in [-0.05, 0) is 13.3 Å². The Kier molecular flexibility index (Phi) is 2.55. The van der Waals surface area contributed by atoms with Crippen molar-refractivity contribution >= 4 is 11.8 Å². The minimum atomic E-state index is -0.569. The molecule has 0 spiro atoms. The van der Waals surface area contributed by atoms with Crippen LogP contribution in [0, 0.1) is 0 Å². The van der Waals surface area contributed by atoms with Crippen molar-refractivity contribution in [3.8, 4) is 0 Å². The Morgan fingerprint density at radius 3 is 3.00 bits per heavy atom. The monoisotopic (exact) mass is 224 g/mol. The lowest BCUT2D eigenvalue weighted by Gasteiger charge is -2.26. The van der Waals surface area contributed by atoms with Crippen molar-refractivity contribution in [1.82, 2.24) is 25.5 Å². The predicted octanol–water partition coefficient (Wildman–Crippen LogP) is -1.26. The molecule has 16 heavy (non-hydrogen) atoms. The first kappa shape index (κ1) is 10.5. The molecule has 1 aromatic heterocycles. The van der Waals surface area contributed by atoms with Gasteiger partial charge < -0.3 is 10.6 Å². The molecule has 2 heterocycles. The molecular weight excluding hydrogens is 212 g/mol. The maximum atomic E-state index is 11.7. The Morgan fingerprint density at radius 1 is 1.69 bits per heavy atom. The second-order valence-corrected chi connectivity index (χ2v) is 3.70. The van der Waals surface area contributed by atoms with E-state index in [-0.39, 0.29) is 5.91 Å². The minimum absolute atomic E-state index is 0.110. The molecule has 1 aromatic rings. The fourth-order valence-corrected chi connectivity index (χ4v) is 1.94. The van der Waals surface area contributed by atoms with Gasteiger partial charge in [-0.1, -0.05) is 5.21 Å². The predicted molar refractivity (Wildman–Crippen MR) is 51.7 cm³/mol. The zero-order valence-corrected chi connectivity index (χ0v) is 8.75. The van der Waals surface area contributed by atoms with Crippen LogP contribution in [0.4, 0.5) is 0 Å². The number of carbonyl (C=O) groups is 2. The highest BCUT2D eigenvalue weighted by atomic mass is 16.2. The van der Waals surface area contributed by atoms with Gasteiger partial charge in [0.25, 0.3) is 0 Å². The number of nitrogens with two attached hydrogens (primary N) is 1. The Hall–Kier alpha value is -1.99. The van der Waals surface area contributed by atoms with E-state index < -0.39 is 18.0 Å². The van der Waals surface area contributed by atoms with E-state index >= 15 is 0 Å². The van der Waals surface area contributed by atoms with Gasteiger partial charge in [0.05, 0.1) is 6.04 Å². The number of tetrazole rings is 1. The number of likely N-dealkylation sites (tertiary alicyclic amines) is 1. The first-order chi connectivity index (χ1) is 7.61. The Morgan fingerprint density at radius 2 is 2.44 bits per heavy atom. The average Bonchev–Trinajstić information content (AvgIpc) is 2.84. The largest absolute Gasteiger partial charge is 0.368 e. The van der Waals surface area contributed by atoms with Crippen LogP contribution in [0.3, 0.4) is 0 Å². The summed E-state index contributed by atoms with van der Waals surface area (Å²) in [6.07, 6.45) is 0.784. The number of carbonyl (C=O) groups excluding carboxylic acids is 2. The van der Waals surface area contributed by atoms with Crippen LogP contribution in [0.25, 0.3) is 0 Å². The van der Waals surface area contributed by atoms with Gasteiger partial charge >= 0.3 is 0 Å². The average molecular weight is 224 g/mol. The SMILES string of the molecule is C[C@@H](c1nn[nH]n1)N1C(=O)CCC1C(N)=O. The molecule has 0 aromatic carbocycles. The molecule has 1 unspecified atom stereocenters. The van der Waals surface area contributed by atoms with Gasteiger partial charge in [0.1, 0.15) is 6.04 Å². The maximum absolute atomic E-state index is 11.7. The Bertz CT molecular complexity index is 403. The fourth-order valence-electron chi connectivity index (χ4n) is 1.94. The zero-order chi connectivity index (χ0) is 11.7. The van der Waals surface area contributed by atoms with Crippen molar-refractivity contribution in [2.75, 3.05) is 0 Å². The van der Waals surface area contributed by atoms with E-state index in [4.69, 9.17) is 5.73 Å². The summed E-state index contributed by atoms with van der Waals surface area (Å²) in [6.45, 7) is 1.74. The molecule has 0 saturated carbocycles. The molecule has 1 aliphatic rings. The molecule has 1 fully saturated rings. The molecule has 3 N–H and O–H groups in total. The molecule has 0 bridgehead atoms. The second kappa shape index (κ2) is 3.87. The summed E-state index contributed by atoms with van der Waals surface area (Å²) in [4.78, 5) is 24.3. The molecule has 1 aliphatic heterocycles. The first-order valence-corrected chi connectivity index (χ1v) is 4.95. The van der Waals surface area contributed by atoms with E-state index in [2.05, 4.69) is 20.6 Å². The summed E-state index contributed by atoms with van der Waals surface area (Å²) in [5, 5.41) is 13.3. The van der Waals surface area contributed by atoms with Crippen molar-refractivity contribution < 1.29 is 9.59 Å². The second-order valence-electron chi connectivity index (χ2n) is 3.70. The molecule has 0 radical (unpaired) electrons. The van der Waals surface area contributed by atoms with E-state index in [1.54, 1.807) is 6.92 Å². The first-order valence-electron chi connectivity index (χ1n) is 4.95. The molecule has 2 amide bonds. The van der Waals surface area contributed by atoms with Gasteiger partial charge in [-0.2, -0.15) is 5.21 Å². The molecule has 8 heteroatoms. The van der Waals surface area contributed by atoms with Crippen LogP contribution >= 0.6 is 0 Å². The molecule has 86 valence electrons. The van der Waals surface area contributed by atoms with Gasteiger partial charge in [-0.3, -0.25) is 9.59 Å². The minimum Gasteiger partial charge on any atom is -0.368 e. The van der Waals surface area contributed by atoms with Crippen LogP contribution in [0.15, 0.2) is 0 Å². The van der Waals surface area contributed by atoms with Crippen molar-refractivity contribution in [2.45, 2.75) is 31.8 Å². The van der Waals surface area contributed by atoms with Crippen molar-refractivity contribution in [1.29, 1.82) is 0 Å². The molecule has 0 aliphatic carbocycles. The zero-order valence-electron chi connectivity index (χ0n) is 8.75. The lowest BCUT2D eigenvalue weighted by molar-refractivity contribution is -0.136. The molecule has 1 saturated heterocycles. The highest BCUT2D eigenvalue weighted by Crippen LogP contribution is 2.27. The summed E-state index contributed by atoms with van der Waals surface area (Å²) in [5.74, 6) is -0.233. The topological polar surface area (TPSA) is 118 Å². The highest BCUT2D eigenvalue weighted by molar-refractivity contribution is 5.90. The Balaban J connectivity index is 2.24. The van der Waals surface area contributed by atoms with Gasteiger partial charge in [0.15, 0.2) is 5.82 Å². The molecule has 8 nitrogen and oxygen atoms in total. The maximum Gasteiger partial charge on any atom is 0.240 e. The number of hydrogen-bond donors (Lipinski definition) is 2. The number of primary amides is 1. The van der Waals surface area contributed by atoms with Crippen molar-refractivity contribution in [3.63, 3.8) is 0 Å². The van der Waals surface area contributed by atoms with Gasteiger partial charge in [0.2, 0.25) is 11.8 Å². The number of nitrogens with zero attached hydrogens (tertiary/aromatic N) is 4. The number of amides is 2. The van der Waals surface area contributed by atoms with Crippen LogP contribution in [0.5, 0.6) is 0 Å². The van der Waals surface area contributed by atoms with Gasteiger partial charge in [-0.15, -0.1) is 10.2 Å². The van der Waals surface area contributed by atoms with Gasteiger partial charge in [0, 0.05) is 6.42 Å². The third kappa shape index (κ3) is 1.62. The number of aromatic amines is 1. The normalized spacial score (nSPS) is 22.4. The number of aromatic nitrogens is 4. The summed E-state index contributed by atoms with van der Waals surface area (Å²) in [6, 6.07) is -0.966. The van der Waals surface area contributed by atoms with Crippen molar-refractivity contribution in [3.05, 3.63) is 5.82 Å². The molecular formula is C8H12N6O2. The fraction of sp³-hybridized carbons (Fsp3) is 0.625. The lowest BCUT2D eigenvalue weighted by Crippen LogP contribution is -2.43. The number of rotatable bonds is 3. The van der Waals surface area contributed by atoms with Crippen molar-refractivity contribution in [2.24, 2.45) is 5.73 Å².